The third-order valence-corrected chi connectivity index (χ3v) is 2.29. The van der Waals surface area contributed by atoms with Gasteiger partial charge in [0.25, 0.3) is 0 Å². The highest BCUT2D eigenvalue weighted by Crippen LogP contribution is 2.34. The van der Waals surface area contributed by atoms with Crippen LogP contribution in [-0.2, 0) is 0 Å². The summed E-state index contributed by atoms with van der Waals surface area (Å²) in [5.41, 5.74) is 0. The van der Waals surface area contributed by atoms with Gasteiger partial charge in [-0.3, -0.25) is 0 Å². The van der Waals surface area contributed by atoms with Crippen molar-refractivity contribution in [3.63, 3.8) is 0 Å². The zero-order valence-electron chi connectivity index (χ0n) is 7.16. The van der Waals surface area contributed by atoms with E-state index in [1.54, 1.807) is 6.92 Å². The first-order chi connectivity index (χ1) is 5.20. The van der Waals surface area contributed by atoms with Gasteiger partial charge in [-0.1, -0.05) is 0 Å². The molecular weight excluding hydrogens is 140 g/mol. The minimum Gasteiger partial charge on any atom is -0.393 e. The van der Waals surface area contributed by atoms with Gasteiger partial charge in [-0.15, -0.1) is 0 Å². The average Bonchev–Trinajstić information content (AvgIpc) is 2.66. The molecule has 0 aliphatic heterocycles. The van der Waals surface area contributed by atoms with Gasteiger partial charge < -0.3 is 10.2 Å². The molecule has 0 spiro atoms. The highest BCUT2D eigenvalue weighted by molar-refractivity contribution is 4.80. The molecular formula is C9H18O2. The van der Waals surface area contributed by atoms with Gasteiger partial charge in [-0.2, -0.15) is 0 Å². The molecule has 2 unspecified atom stereocenters. The van der Waals surface area contributed by atoms with E-state index in [0.29, 0.717) is 5.92 Å². The van der Waals surface area contributed by atoms with E-state index in [1.807, 2.05) is 0 Å². The largest absolute Gasteiger partial charge is 0.393 e. The highest BCUT2D eigenvalue weighted by Gasteiger charge is 2.28. The zero-order chi connectivity index (χ0) is 8.27. The Kier molecular flexibility index (Phi) is 3.34. The lowest BCUT2D eigenvalue weighted by atomic mass is 10.1. The Morgan fingerprint density at radius 3 is 2.36 bits per heavy atom. The van der Waals surface area contributed by atoms with E-state index in [1.165, 1.54) is 12.8 Å². The topological polar surface area (TPSA) is 40.5 Å². The third kappa shape index (κ3) is 3.73. The van der Waals surface area contributed by atoms with Crippen LogP contribution in [-0.4, -0.2) is 22.4 Å². The molecule has 11 heavy (non-hydrogen) atoms. The summed E-state index contributed by atoms with van der Waals surface area (Å²) < 4.78 is 0. The summed E-state index contributed by atoms with van der Waals surface area (Å²) in [7, 11) is 0. The molecule has 1 saturated carbocycles. The fourth-order valence-corrected chi connectivity index (χ4v) is 1.34. The summed E-state index contributed by atoms with van der Waals surface area (Å²) in [5.74, 6) is 0.587. The highest BCUT2D eigenvalue weighted by atomic mass is 16.3. The molecule has 0 heterocycles. The smallest absolute Gasteiger partial charge is 0.0568 e. The van der Waals surface area contributed by atoms with Gasteiger partial charge in [0.2, 0.25) is 0 Å². The SMILES string of the molecule is CC(O)CCCC(O)C1CC1. The summed E-state index contributed by atoms with van der Waals surface area (Å²) in [6.45, 7) is 1.80. The Labute approximate surface area is 68.2 Å². The zero-order valence-corrected chi connectivity index (χ0v) is 7.16. The van der Waals surface area contributed by atoms with Crippen LogP contribution in [0.1, 0.15) is 39.0 Å². The first-order valence-electron chi connectivity index (χ1n) is 4.56. The first kappa shape index (κ1) is 9.01. The van der Waals surface area contributed by atoms with Gasteiger partial charge >= 0.3 is 0 Å². The fraction of sp³-hybridized carbons (Fsp3) is 1.00. The summed E-state index contributed by atoms with van der Waals surface area (Å²) >= 11 is 0. The van der Waals surface area contributed by atoms with Crippen LogP contribution in [0.4, 0.5) is 0 Å². The van der Waals surface area contributed by atoms with Crippen LogP contribution in [0.25, 0.3) is 0 Å². The van der Waals surface area contributed by atoms with Crippen LogP contribution in [0.15, 0.2) is 0 Å². The third-order valence-electron chi connectivity index (χ3n) is 2.29. The van der Waals surface area contributed by atoms with Crippen molar-refractivity contribution in [1.29, 1.82) is 0 Å². The second-order valence-electron chi connectivity index (χ2n) is 3.68. The van der Waals surface area contributed by atoms with Crippen LogP contribution >= 0.6 is 0 Å². The lowest BCUT2D eigenvalue weighted by molar-refractivity contribution is 0.125. The van der Waals surface area contributed by atoms with Gasteiger partial charge in [0.15, 0.2) is 0 Å². The molecule has 1 aliphatic carbocycles. The molecule has 2 N–H and O–H groups in total. The molecule has 66 valence electrons. The predicted octanol–water partition coefficient (Wildman–Crippen LogP) is 1.31. The van der Waals surface area contributed by atoms with Crippen molar-refractivity contribution in [1.82, 2.24) is 0 Å². The standard InChI is InChI=1S/C9H18O2/c1-7(10)3-2-4-9(11)8-5-6-8/h7-11H,2-6H2,1H3. The minimum absolute atomic E-state index is 0.0891. The molecule has 1 aliphatic rings. The van der Waals surface area contributed by atoms with E-state index in [-0.39, 0.29) is 12.2 Å². The molecule has 0 bridgehead atoms. The van der Waals surface area contributed by atoms with Crippen molar-refractivity contribution in [3.8, 4) is 0 Å². The van der Waals surface area contributed by atoms with Crippen molar-refractivity contribution in [2.45, 2.75) is 51.2 Å². The van der Waals surface area contributed by atoms with E-state index < -0.39 is 0 Å². The molecule has 1 rings (SSSR count). The second kappa shape index (κ2) is 4.07. The predicted molar refractivity (Wildman–Crippen MR) is 44.3 cm³/mol. The lowest BCUT2D eigenvalue weighted by Gasteiger charge is -2.09. The van der Waals surface area contributed by atoms with Gasteiger partial charge in [0.05, 0.1) is 12.2 Å². The van der Waals surface area contributed by atoms with E-state index >= 15 is 0 Å². The molecule has 0 amide bonds. The molecule has 0 aromatic rings. The molecule has 0 aromatic carbocycles. The monoisotopic (exact) mass is 158 g/mol. The maximum absolute atomic E-state index is 9.42. The normalized spacial score (nSPS) is 23.2. The van der Waals surface area contributed by atoms with Crippen LogP contribution in [0, 0.1) is 5.92 Å². The molecule has 0 saturated heterocycles. The summed E-state index contributed by atoms with van der Waals surface area (Å²) in [4.78, 5) is 0. The van der Waals surface area contributed by atoms with Crippen LogP contribution in [0.3, 0.4) is 0 Å². The Morgan fingerprint density at radius 2 is 1.91 bits per heavy atom. The molecule has 2 heteroatoms. The second-order valence-corrected chi connectivity index (χ2v) is 3.68. The van der Waals surface area contributed by atoms with Crippen LogP contribution in [0.2, 0.25) is 0 Å². The Balaban J connectivity index is 1.93. The molecule has 2 nitrogen and oxygen atoms in total. The number of hydrogen-bond acceptors (Lipinski definition) is 2. The minimum atomic E-state index is -0.207. The van der Waals surface area contributed by atoms with Gasteiger partial charge in [0.1, 0.15) is 0 Å². The Morgan fingerprint density at radius 1 is 1.27 bits per heavy atom. The summed E-state index contributed by atoms with van der Waals surface area (Å²) in [5, 5.41) is 18.4. The van der Waals surface area contributed by atoms with Crippen LogP contribution in [0.5, 0.6) is 0 Å². The quantitative estimate of drug-likeness (QED) is 0.633. The maximum Gasteiger partial charge on any atom is 0.0568 e. The van der Waals surface area contributed by atoms with Crippen molar-refractivity contribution < 1.29 is 10.2 Å². The van der Waals surface area contributed by atoms with Gasteiger partial charge in [-0.25, -0.2) is 0 Å². The molecule has 0 radical (unpaired) electrons. The van der Waals surface area contributed by atoms with Gasteiger partial charge in [0, 0.05) is 0 Å². The molecule has 1 fully saturated rings. The molecule has 0 aromatic heterocycles. The van der Waals surface area contributed by atoms with Crippen molar-refractivity contribution >= 4 is 0 Å². The van der Waals surface area contributed by atoms with E-state index in [4.69, 9.17) is 5.11 Å². The average molecular weight is 158 g/mol. The maximum atomic E-state index is 9.42. The number of hydrogen-bond donors (Lipinski definition) is 2. The fourth-order valence-electron chi connectivity index (χ4n) is 1.34. The van der Waals surface area contributed by atoms with E-state index in [9.17, 15) is 5.11 Å². The van der Waals surface area contributed by atoms with E-state index in [0.717, 1.165) is 19.3 Å². The van der Waals surface area contributed by atoms with Crippen molar-refractivity contribution in [2.24, 2.45) is 5.92 Å². The van der Waals surface area contributed by atoms with Gasteiger partial charge in [-0.05, 0) is 44.9 Å². The lowest BCUT2D eigenvalue weighted by Crippen LogP contribution is -2.10. The number of rotatable bonds is 5. The summed E-state index contributed by atoms with van der Waals surface area (Å²) in [6, 6.07) is 0. The Bertz CT molecular complexity index is 108. The van der Waals surface area contributed by atoms with E-state index in [2.05, 4.69) is 0 Å². The van der Waals surface area contributed by atoms with Crippen molar-refractivity contribution in [2.75, 3.05) is 0 Å². The number of aliphatic hydroxyl groups excluding tert-OH is 2. The van der Waals surface area contributed by atoms with Crippen molar-refractivity contribution in [3.05, 3.63) is 0 Å². The van der Waals surface area contributed by atoms with Crippen LogP contribution < -0.4 is 0 Å². The first-order valence-corrected chi connectivity index (χ1v) is 4.56. The Hall–Kier alpha value is -0.0800. The number of aliphatic hydroxyl groups is 2. The molecule has 2 atom stereocenters. The summed E-state index contributed by atoms with van der Waals surface area (Å²) in [6.07, 6.45) is 4.76.